The molecule has 7 nitrogen and oxygen atoms in total. The Hall–Kier alpha value is -1.55. The van der Waals surface area contributed by atoms with Crippen LogP contribution in [0, 0.1) is 0 Å². The summed E-state index contributed by atoms with van der Waals surface area (Å²) >= 11 is 13.9. The molecule has 1 aromatic carbocycles. The van der Waals surface area contributed by atoms with E-state index in [9.17, 15) is 0 Å². The van der Waals surface area contributed by atoms with E-state index in [1.54, 1.807) is 18.6 Å². The van der Waals surface area contributed by atoms with Crippen molar-refractivity contribution in [2.24, 2.45) is 5.14 Å². The maximum absolute atomic E-state index is 6.42. The van der Waals surface area contributed by atoms with Crippen LogP contribution in [0.4, 0.5) is 5.82 Å². The maximum atomic E-state index is 6.42. The summed E-state index contributed by atoms with van der Waals surface area (Å²) in [6.07, 6.45) is 5.37. The monoisotopic (exact) mass is 424 g/mol. The molecular weight excluding hydrogens is 407 g/mol. The van der Waals surface area contributed by atoms with Gasteiger partial charge in [-0.1, -0.05) is 23.2 Å². The second kappa shape index (κ2) is 8.22. The SMILES string of the molecule is NSN1CCOC(CNc2cc(-n3ccnc3)c3ccc(Cl)c(Cl)c3n2)C1. The molecule has 1 saturated heterocycles. The van der Waals surface area contributed by atoms with Gasteiger partial charge in [-0.05, 0) is 12.1 Å². The van der Waals surface area contributed by atoms with Crippen molar-refractivity contribution < 1.29 is 4.74 Å². The van der Waals surface area contributed by atoms with Gasteiger partial charge in [0.25, 0.3) is 0 Å². The first kappa shape index (κ1) is 18.8. The number of morpholine rings is 1. The zero-order valence-corrected chi connectivity index (χ0v) is 16.6. The average Bonchev–Trinajstić information content (AvgIpc) is 3.23. The molecule has 0 bridgehead atoms. The average molecular weight is 425 g/mol. The van der Waals surface area contributed by atoms with E-state index >= 15 is 0 Å². The number of pyridine rings is 1. The summed E-state index contributed by atoms with van der Waals surface area (Å²) in [7, 11) is 0. The first-order chi connectivity index (χ1) is 13.2. The number of nitrogens with one attached hydrogen (secondary N) is 1. The van der Waals surface area contributed by atoms with Gasteiger partial charge in [-0.15, -0.1) is 0 Å². The fourth-order valence-electron chi connectivity index (χ4n) is 3.05. The van der Waals surface area contributed by atoms with Crippen molar-refractivity contribution >= 4 is 52.1 Å². The Balaban J connectivity index is 1.65. The number of aromatic nitrogens is 3. The smallest absolute Gasteiger partial charge is 0.128 e. The Morgan fingerprint density at radius 3 is 3.04 bits per heavy atom. The zero-order chi connectivity index (χ0) is 18.8. The third-order valence-corrected chi connectivity index (χ3v) is 5.82. The number of nitrogens with zero attached hydrogens (tertiary/aromatic N) is 4. The fraction of sp³-hybridized carbons (Fsp3) is 0.294. The molecule has 10 heteroatoms. The lowest BCUT2D eigenvalue weighted by Crippen LogP contribution is -2.42. The molecule has 0 amide bonds. The number of ether oxygens (including phenoxy) is 1. The van der Waals surface area contributed by atoms with Gasteiger partial charge in [0.15, 0.2) is 0 Å². The number of anilines is 1. The minimum absolute atomic E-state index is 0.0267. The number of fused-ring (bicyclic) bond motifs is 1. The van der Waals surface area contributed by atoms with Crippen LogP contribution in [-0.4, -0.2) is 51.2 Å². The van der Waals surface area contributed by atoms with Gasteiger partial charge in [0.2, 0.25) is 0 Å². The highest BCUT2D eigenvalue weighted by Crippen LogP contribution is 2.34. The van der Waals surface area contributed by atoms with Gasteiger partial charge in [0.1, 0.15) is 5.82 Å². The molecule has 4 rings (SSSR count). The Morgan fingerprint density at radius 2 is 2.26 bits per heavy atom. The quantitative estimate of drug-likeness (QED) is 0.607. The molecule has 2 aromatic heterocycles. The second-order valence-corrected chi connectivity index (χ2v) is 7.63. The summed E-state index contributed by atoms with van der Waals surface area (Å²) in [6.45, 7) is 2.84. The second-order valence-electron chi connectivity index (χ2n) is 6.12. The molecule has 1 atom stereocenters. The molecule has 1 unspecified atom stereocenters. The van der Waals surface area contributed by atoms with Crippen LogP contribution in [0.25, 0.3) is 16.6 Å². The molecule has 3 heterocycles. The lowest BCUT2D eigenvalue weighted by atomic mass is 10.1. The van der Waals surface area contributed by atoms with Crippen LogP contribution in [0.1, 0.15) is 0 Å². The summed E-state index contributed by atoms with van der Waals surface area (Å²) < 4.78 is 9.80. The van der Waals surface area contributed by atoms with E-state index < -0.39 is 0 Å². The predicted molar refractivity (Wildman–Crippen MR) is 110 cm³/mol. The number of nitrogens with two attached hydrogens (primary N) is 1. The van der Waals surface area contributed by atoms with Crippen molar-refractivity contribution in [3.8, 4) is 5.69 Å². The van der Waals surface area contributed by atoms with E-state index in [0.717, 1.165) is 24.2 Å². The minimum atomic E-state index is 0.0267. The fourth-order valence-corrected chi connectivity index (χ4v) is 3.84. The Labute approximate surface area is 171 Å². The lowest BCUT2D eigenvalue weighted by Gasteiger charge is -2.30. The Morgan fingerprint density at radius 1 is 1.37 bits per heavy atom. The third-order valence-electron chi connectivity index (χ3n) is 4.39. The van der Waals surface area contributed by atoms with Gasteiger partial charge in [0, 0.05) is 55.6 Å². The Bertz CT molecular complexity index is 939. The molecule has 1 fully saturated rings. The zero-order valence-electron chi connectivity index (χ0n) is 14.3. The molecular formula is C17H18Cl2N6OS. The van der Waals surface area contributed by atoms with E-state index in [0.29, 0.717) is 34.5 Å². The van der Waals surface area contributed by atoms with Gasteiger partial charge in [-0.2, -0.15) is 0 Å². The number of halogens is 2. The van der Waals surface area contributed by atoms with Crippen LogP contribution in [0.3, 0.4) is 0 Å². The van der Waals surface area contributed by atoms with Gasteiger partial charge in [-0.25, -0.2) is 14.3 Å². The molecule has 0 aliphatic carbocycles. The molecule has 142 valence electrons. The van der Waals surface area contributed by atoms with Gasteiger partial charge < -0.3 is 14.6 Å². The van der Waals surface area contributed by atoms with Crippen molar-refractivity contribution in [3.05, 3.63) is 47.0 Å². The largest absolute Gasteiger partial charge is 0.374 e. The number of rotatable bonds is 5. The lowest BCUT2D eigenvalue weighted by molar-refractivity contribution is 0.00998. The van der Waals surface area contributed by atoms with Crippen LogP contribution in [0.2, 0.25) is 10.0 Å². The van der Waals surface area contributed by atoms with Crippen molar-refractivity contribution in [2.75, 3.05) is 31.6 Å². The summed E-state index contributed by atoms with van der Waals surface area (Å²) in [5.41, 5.74) is 1.56. The maximum Gasteiger partial charge on any atom is 0.128 e. The summed E-state index contributed by atoms with van der Waals surface area (Å²) in [5.74, 6) is 0.691. The molecule has 3 aromatic rings. The van der Waals surface area contributed by atoms with Crippen LogP contribution in [0.15, 0.2) is 36.9 Å². The first-order valence-corrected chi connectivity index (χ1v) is 9.99. The summed E-state index contributed by atoms with van der Waals surface area (Å²) in [6, 6.07) is 5.65. The van der Waals surface area contributed by atoms with Gasteiger partial charge in [0.05, 0.1) is 40.3 Å². The molecule has 27 heavy (non-hydrogen) atoms. The normalized spacial score (nSPS) is 18.1. The number of benzene rings is 1. The van der Waals surface area contributed by atoms with Gasteiger partial charge in [-0.3, -0.25) is 5.14 Å². The van der Waals surface area contributed by atoms with Crippen LogP contribution in [-0.2, 0) is 4.74 Å². The standard InChI is InChI=1S/C17H18Cl2N6OS/c18-13-2-1-12-14(24-4-3-21-10-24)7-15(23-17(12)16(13)19)22-8-11-9-25(27-20)5-6-26-11/h1-4,7,10-11H,5-6,8-9,20H2,(H,22,23). The van der Waals surface area contributed by atoms with E-state index in [2.05, 4.69) is 19.6 Å². The van der Waals surface area contributed by atoms with E-state index in [-0.39, 0.29) is 6.10 Å². The number of hydrogen-bond donors (Lipinski definition) is 2. The minimum Gasteiger partial charge on any atom is -0.374 e. The molecule has 3 N–H and O–H groups in total. The molecule has 0 spiro atoms. The molecule has 0 saturated carbocycles. The van der Waals surface area contributed by atoms with E-state index in [4.69, 9.17) is 33.1 Å². The molecule has 1 aliphatic rings. The van der Waals surface area contributed by atoms with E-state index in [1.807, 2.05) is 22.9 Å². The van der Waals surface area contributed by atoms with Crippen molar-refractivity contribution in [1.29, 1.82) is 0 Å². The van der Waals surface area contributed by atoms with Crippen molar-refractivity contribution in [1.82, 2.24) is 18.8 Å². The first-order valence-electron chi connectivity index (χ1n) is 8.40. The van der Waals surface area contributed by atoms with Crippen molar-refractivity contribution in [2.45, 2.75) is 6.10 Å². The summed E-state index contributed by atoms with van der Waals surface area (Å²) in [5, 5.41) is 10.8. The molecule has 1 aliphatic heterocycles. The topological polar surface area (TPSA) is 81.2 Å². The van der Waals surface area contributed by atoms with Crippen LogP contribution >= 0.6 is 35.3 Å². The summed E-state index contributed by atoms with van der Waals surface area (Å²) in [4.78, 5) is 8.81. The van der Waals surface area contributed by atoms with Crippen LogP contribution < -0.4 is 10.5 Å². The Kier molecular flexibility index (Phi) is 5.72. The van der Waals surface area contributed by atoms with Crippen molar-refractivity contribution in [3.63, 3.8) is 0 Å². The predicted octanol–water partition coefficient (Wildman–Crippen LogP) is 3.36. The van der Waals surface area contributed by atoms with Gasteiger partial charge >= 0.3 is 0 Å². The third kappa shape index (κ3) is 4.01. The number of hydrogen-bond acceptors (Lipinski definition) is 7. The number of imidazole rings is 1. The highest BCUT2D eigenvalue weighted by molar-refractivity contribution is 7.94. The highest BCUT2D eigenvalue weighted by Gasteiger charge is 2.20. The van der Waals surface area contributed by atoms with Crippen LogP contribution in [0.5, 0.6) is 0 Å². The molecule has 0 radical (unpaired) electrons. The van der Waals surface area contributed by atoms with E-state index in [1.165, 1.54) is 12.1 Å². The highest BCUT2D eigenvalue weighted by atomic mass is 35.5.